The van der Waals surface area contributed by atoms with Crippen LogP contribution in [0.1, 0.15) is 25.6 Å². The number of rotatable bonds is 6. The smallest absolute Gasteiger partial charge is 0.330 e. The molecule has 2 heterocycles. The third kappa shape index (κ3) is 3.19. The Kier molecular flexibility index (Phi) is 4.69. The predicted molar refractivity (Wildman–Crippen MR) is 91.2 cm³/mol. The molecule has 25 heavy (non-hydrogen) atoms. The lowest BCUT2D eigenvalue weighted by Gasteiger charge is -2.06. The highest BCUT2D eigenvalue weighted by molar-refractivity contribution is 5.70. The second kappa shape index (κ2) is 6.92. The van der Waals surface area contributed by atoms with Crippen molar-refractivity contribution in [3.63, 3.8) is 0 Å². The fraction of sp³-hybridized carbons (Fsp3) is 0.353. The standard InChI is InChI=1S/C17H19FN4O3/c1-3-4-9-22-15-14(16(23)20-17(22)24)21(2)13(19-15)10-25-12-8-6-5-7-11(12)18/h5-8H,3-4,9-10H2,1-2H3,(H,20,23,24). The molecule has 0 aliphatic heterocycles. The molecule has 0 fully saturated rings. The zero-order chi connectivity index (χ0) is 18.0. The quantitative estimate of drug-likeness (QED) is 0.739. The highest BCUT2D eigenvalue weighted by Gasteiger charge is 2.17. The molecule has 0 saturated heterocycles. The molecule has 0 amide bonds. The number of fused-ring (bicyclic) bond motifs is 1. The highest BCUT2D eigenvalue weighted by Crippen LogP contribution is 2.18. The van der Waals surface area contributed by atoms with Crippen molar-refractivity contribution >= 4 is 11.2 Å². The minimum Gasteiger partial charge on any atom is -0.483 e. The van der Waals surface area contributed by atoms with Gasteiger partial charge >= 0.3 is 5.69 Å². The third-order valence-corrected chi connectivity index (χ3v) is 4.03. The fourth-order valence-corrected chi connectivity index (χ4v) is 2.65. The van der Waals surface area contributed by atoms with E-state index in [1.54, 1.807) is 23.7 Å². The van der Waals surface area contributed by atoms with Crippen LogP contribution < -0.4 is 16.0 Å². The Balaban J connectivity index is 2.01. The van der Waals surface area contributed by atoms with Crippen LogP contribution >= 0.6 is 0 Å². The van der Waals surface area contributed by atoms with E-state index in [-0.39, 0.29) is 12.4 Å². The van der Waals surface area contributed by atoms with Crippen molar-refractivity contribution in [2.45, 2.75) is 32.9 Å². The molecular weight excluding hydrogens is 327 g/mol. The van der Waals surface area contributed by atoms with Crippen LogP contribution in [0.3, 0.4) is 0 Å². The number of aromatic nitrogens is 4. The Morgan fingerprint density at radius 2 is 2.04 bits per heavy atom. The number of imidazole rings is 1. The first-order chi connectivity index (χ1) is 12.0. The molecule has 0 bridgehead atoms. The number of para-hydroxylation sites is 1. The minimum absolute atomic E-state index is 0.0203. The van der Waals surface area contributed by atoms with Gasteiger partial charge in [-0.2, -0.15) is 0 Å². The van der Waals surface area contributed by atoms with Gasteiger partial charge in [0.1, 0.15) is 12.4 Å². The molecule has 2 aromatic heterocycles. The lowest BCUT2D eigenvalue weighted by atomic mass is 10.3. The van der Waals surface area contributed by atoms with Crippen LogP contribution in [0.15, 0.2) is 33.9 Å². The molecule has 0 aliphatic rings. The summed E-state index contributed by atoms with van der Waals surface area (Å²) >= 11 is 0. The van der Waals surface area contributed by atoms with E-state index in [2.05, 4.69) is 9.97 Å². The molecule has 0 saturated carbocycles. The van der Waals surface area contributed by atoms with Crippen molar-refractivity contribution in [2.75, 3.05) is 0 Å². The Hall–Kier alpha value is -2.90. The van der Waals surface area contributed by atoms with Crippen LogP contribution in [0.5, 0.6) is 5.75 Å². The summed E-state index contributed by atoms with van der Waals surface area (Å²) in [6.07, 6.45) is 1.70. The van der Waals surface area contributed by atoms with Gasteiger partial charge in [-0.15, -0.1) is 0 Å². The summed E-state index contributed by atoms with van der Waals surface area (Å²) in [5, 5.41) is 0. The fourth-order valence-electron chi connectivity index (χ4n) is 2.65. The Bertz CT molecular complexity index is 1020. The molecular formula is C17H19FN4O3. The Morgan fingerprint density at radius 1 is 1.28 bits per heavy atom. The molecule has 3 aromatic rings. The predicted octanol–water partition coefficient (Wildman–Crippen LogP) is 1.94. The number of H-pyrrole nitrogens is 1. The van der Waals surface area contributed by atoms with E-state index in [9.17, 15) is 14.0 Å². The number of hydrogen-bond donors (Lipinski definition) is 1. The zero-order valence-corrected chi connectivity index (χ0v) is 14.1. The number of benzene rings is 1. The van der Waals surface area contributed by atoms with Crippen LogP contribution in [-0.4, -0.2) is 19.1 Å². The molecule has 132 valence electrons. The van der Waals surface area contributed by atoms with Gasteiger partial charge in [-0.25, -0.2) is 14.2 Å². The second-order valence-electron chi connectivity index (χ2n) is 5.74. The first-order valence-electron chi connectivity index (χ1n) is 8.08. The topological polar surface area (TPSA) is 81.9 Å². The maximum Gasteiger partial charge on any atom is 0.330 e. The van der Waals surface area contributed by atoms with E-state index in [1.807, 2.05) is 6.92 Å². The number of unbranched alkanes of at least 4 members (excludes halogenated alkanes) is 1. The summed E-state index contributed by atoms with van der Waals surface area (Å²) in [6.45, 7) is 2.46. The molecule has 1 N–H and O–H groups in total. The normalized spacial score (nSPS) is 11.2. The lowest BCUT2D eigenvalue weighted by molar-refractivity contribution is 0.278. The number of halogens is 1. The van der Waals surface area contributed by atoms with E-state index in [4.69, 9.17) is 4.74 Å². The van der Waals surface area contributed by atoms with E-state index in [0.29, 0.717) is 23.5 Å². The minimum atomic E-state index is -0.500. The molecule has 3 rings (SSSR count). The van der Waals surface area contributed by atoms with Crippen molar-refractivity contribution < 1.29 is 9.13 Å². The molecule has 0 aliphatic carbocycles. The van der Waals surface area contributed by atoms with Gasteiger partial charge in [0, 0.05) is 13.6 Å². The van der Waals surface area contributed by atoms with Crippen LogP contribution in [0.25, 0.3) is 11.2 Å². The van der Waals surface area contributed by atoms with Crippen molar-refractivity contribution in [2.24, 2.45) is 7.05 Å². The van der Waals surface area contributed by atoms with E-state index in [1.165, 1.54) is 16.7 Å². The van der Waals surface area contributed by atoms with Crippen LogP contribution in [0.4, 0.5) is 4.39 Å². The summed E-state index contributed by atoms with van der Waals surface area (Å²) in [4.78, 5) is 30.9. The molecule has 8 heteroatoms. The zero-order valence-electron chi connectivity index (χ0n) is 14.1. The number of aromatic amines is 1. The van der Waals surface area contributed by atoms with Crippen molar-refractivity contribution in [3.8, 4) is 5.75 Å². The van der Waals surface area contributed by atoms with Gasteiger partial charge in [-0.3, -0.25) is 14.3 Å². The van der Waals surface area contributed by atoms with Gasteiger partial charge in [0.25, 0.3) is 5.56 Å². The average molecular weight is 346 g/mol. The maximum atomic E-state index is 13.7. The first kappa shape index (κ1) is 16.9. The summed E-state index contributed by atoms with van der Waals surface area (Å²) in [5.41, 5.74) is -0.370. The van der Waals surface area contributed by atoms with E-state index in [0.717, 1.165) is 12.8 Å². The SMILES string of the molecule is CCCCn1c(=O)[nH]c(=O)c2c1nc(COc1ccccc1F)n2C. The summed E-state index contributed by atoms with van der Waals surface area (Å²) in [5.74, 6) is 0.0606. The van der Waals surface area contributed by atoms with E-state index >= 15 is 0 Å². The van der Waals surface area contributed by atoms with Crippen LogP contribution in [0.2, 0.25) is 0 Å². The van der Waals surface area contributed by atoms with Gasteiger partial charge < -0.3 is 9.30 Å². The van der Waals surface area contributed by atoms with Crippen molar-refractivity contribution in [1.82, 2.24) is 19.1 Å². The third-order valence-electron chi connectivity index (χ3n) is 4.03. The first-order valence-corrected chi connectivity index (χ1v) is 8.08. The van der Waals surface area contributed by atoms with Gasteiger partial charge in [-0.1, -0.05) is 25.5 Å². The Labute approximate surface area is 142 Å². The van der Waals surface area contributed by atoms with Crippen molar-refractivity contribution in [1.29, 1.82) is 0 Å². The largest absolute Gasteiger partial charge is 0.483 e. The number of aryl methyl sites for hydroxylation is 2. The van der Waals surface area contributed by atoms with Gasteiger partial charge in [0.05, 0.1) is 0 Å². The molecule has 0 atom stereocenters. The van der Waals surface area contributed by atoms with E-state index < -0.39 is 17.1 Å². The maximum absolute atomic E-state index is 13.7. The molecule has 1 aromatic carbocycles. The van der Waals surface area contributed by atoms with Crippen LogP contribution in [0, 0.1) is 5.82 Å². The molecule has 0 radical (unpaired) electrons. The summed E-state index contributed by atoms with van der Waals surface area (Å²) in [6, 6.07) is 6.06. The summed E-state index contributed by atoms with van der Waals surface area (Å²) in [7, 11) is 1.67. The van der Waals surface area contributed by atoms with Crippen molar-refractivity contribution in [3.05, 3.63) is 56.7 Å². The molecule has 7 nitrogen and oxygen atoms in total. The molecule has 0 spiro atoms. The molecule has 0 unspecified atom stereocenters. The highest BCUT2D eigenvalue weighted by atomic mass is 19.1. The monoisotopic (exact) mass is 346 g/mol. The number of nitrogens with zero attached hydrogens (tertiary/aromatic N) is 3. The van der Waals surface area contributed by atoms with Gasteiger partial charge in [0.15, 0.2) is 22.7 Å². The summed E-state index contributed by atoms with van der Waals surface area (Å²) < 4.78 is 22.1. The number of ether oxygens (including phenoxy) is 1. The number of nitrogens with one attached hydrogen (secondary N) is 1. The van der Waals surface area contributed by atoms with Gasteiger partial charge in [0.2, 0.25) is 0 Å². The van der Waals surface area contributed by atoms with Gasteiger partial charge in [-0.05, 0) is 18.6 Å². The van der Waals surface area contributed by atoms with Crippen LogP contribution in [-0.2, 0) is 20.2 Å². The second-order valence-corrected chi connectivity index (χ2v) is 5.74. The Morgan fingerprint density at radius 3 is 2.76 bits per heavy atom. The lowest BCUT2D eigenvalue weighted by Crippen LogP contribution is -2.31. The average Bonchev–Trinajstić information content (AvgIpc) is 2.91. The number of hydrogen-bond acceptors (Lipinski definition) is 4.